The second-order valence-corrected chi connectivity index (χ2v) is 6.38. The summed E-state index contributed by atoms with van der Waals surface area (Å²) in [7, 11) is 0. The minimum atomic E-state index is 0.0852. The molecule has 4 rings (SSSR count). The van der Waals surface area contributed by atoms with E-state index in [0.29, 0.717) is 18.2 Å². The predicted molar refractivity (Wildman–Crippen MR) is 86.4 cm³/mol. The Hall–Kier alpha value is -2.54. The van der Waals surface area contributed by atoms with Crippen LogP contribution in [0.2, 0.25) is 0 Å². The quantitative estimate of drug-likeness (QED) is 0.723. The molecule has 2 aromatic heterocycles. The average molecular weight is 325 g/mol. The highest BCUT2D eigenvalue weighted by Crippen LogP contribution is 2.30. The van der Waals surface area contributed by atoms with Gasteiger partial charge in [-0.1, -0.05) is 0 Å². The summed E-state index contributed by atoms with van der Waals surface area (Å²) < 4.78 is 1.57. The minimum Gasteiger partial charge on any atom is -0.331 e. The number of benzene rings is 1. The fourth-order valence-corrected chi connectivity index (χ4v) is 3.19. The second kappa shape index (κ2) is 5.92. The Labute approximate surface area is 137 Å². The van der Waals surface area contributed by atoms with E-state index in [2.05, 4.69) is 27.0 Å². The molecule has 23 heavy (non-hydrogen) atoms. The minimum absolute atomic E-state index is 0.0852. The largest absolute Gasteiger partial charge is 0.331 e. The van der Waals surface area contributed by atoms with Gasteiger partial charge in [0, 0.05) is 18.2 Å². The lowest BCUT2D eigenvalue weighted by atomic mass is 10.1. The Kier molecular flexibility index (Phi) is 3.63. The molecule has 0 unspecified atom stereocenters. The van der Waals surface area contributed by atoms with Crippen LogP contribution in [0.1, 0.15) is 28.8 Å². The van der Waals surface area contributed by atoms with Crippen molar-refractivity contribution in [3.8, 4) is 5.69 Å². The highest BCUT2D eigenvalue weighted by atomic mass is 32.1. The summed E-state index contributed by atoms with van der Waals surface area (Å²) in [4.78, 5) is 14.8. The lowest BCUT2D eigenvalue weighted by Crippen LogP contribution is -2.32. The van der Waals surface area contributed by atoms with E-state index in [1.54, 1.807) is 16.0 Å². The van der Waals surface area contributed by atoms with Gasteiger partial charge in [-0.15, -0.1) is 5.10 Å². The molecule has 1 aliphatic rings. The van der Waals surface area contributed by atoms with Crippen LogP contribution in [0, 0.1) is 0 Å². The summed E-state index contributed by atoms with van der Waals surface area (Å²) in [5.74, 6) is 0.0852. The van der Waals surface area contributed by atoms with Gasteiger partial charge in [0.2, 0.25) is 0 Å². The summed E-state index contributed by atoms with van der Waals surface area (Å²) in [5, 5.41) is 15.2. The SMILES string of the molecule is O=C(c1ccc(-n2cnnn2)cc1)N(Cc1ccsc1)C1CC1. The summed E-state index contributed by atoms with van der Waals surface area (Å²) in [6, 6.07) is 9.85. The van der Waals surface area contributed by atoms with Crippen molar-refractivity contribution in [3.05, 3.63) is 58.5 Å². The Morgan fingerprint density at radius 3 is 2.70 bits per heavy atom. The highest BCUT2D eigenvalue weighted by Gasteiger charge is 2.33. The number of tetrazole rings is 1. The number of thiophene rings is 1. The maximum Gasteiger partial charge on any atom is 0.254 e. The van der Waals surface area contributed by atoms with Crippen LogP contribution in [0.15, 0.2) is 47.4 Å². The molecule has 1 amide bonds. The van der Waals surface area contributed by atoms with E-state index in [-0.39, 0.29) is 5.91 Å². The highest BCUT2D eigenvalue weighted by molar-refractivity contribution is 7.07. The van der Waals surface area contributed by atoms with Gasteiger partial charge in [-0.2, -0.15) is 11.3 Å². The van der Waals surface area contributed by atoms with Gasteiger partial charge in [0.25, 0.3) is 5.91 Å². The molecule has 116 valence electrons. The van der Waals surface area contributed by atoms with E-state index in [1.807, 2.05) is 34.5 Å². The molecule has 2 heterocycles. The second-order valence-electron chi connectivity index (χ2n) is 5.60. The van der Waals surface area contributed by atoms with E-state index in [1.165, 1.54) is 11.9 Å². The number of hydrogen-bond donors (Lipinski definition) is 0. The van der Waals surface area contributed by atoms with Crippen molar-refractivity contribution in [2.75, 3.05) is 0 Å². The third-order valence-corrected chi connectivity index (χ3v) is 4.64. The van der Waals surface area contributed by atoms with Crippen LogP contribution < -0.4 is 0 Å². The summed E-state index contributed by atoms with van der Waals surface area (Å²) >= 11 is 1.66. The summed E-state index contributed by atoms with van der Waals surface area (Å²) in [6.45, 7) is 0.682. The number of hydrogen-bond acceptors (Lipinski definition) is 5. The Morgan fingerprint density at radius 2 is 2.09 bits per heavy atom. The van der Waals surface area contributed by atoms with E-state index < -0.39 is 0 Å². The lowest BCUT2D eigenvalue weighted by Gasteiger charge is -2.22. The molecule has 0 N–H and O–H groups in total. The van der Waals surface area contributed by atoms with Gasteiger partial charge in [0.15, 0.2) is 0 Å². The third-order valence-electron chi connectivity index (χ3n) is 3.91. The molecular formula is C16H15N5OS. The maximum absolute atomic E-state index is 12.8. The molecule has 0 atom stereocenters. The zero-order valence-electron chi connectivity index (χ0n) is 12.4. The molecule has 1 fully saturated rings. The molecule has 6 nitrogen and oxygen atoms in total. The van der Waals surface area contributed by atoms with Crippen LogP contribution in [0.3, 0.4) is 0 Å². The van der Waals surface area contributed by atoms with Crippen LogP contribution >= 0.6 is 11.3 Å². The Bertz CT molecular complexity index is 779. The first kappa shape index (κ1) is 14.1. The molecule has 1 aromatic carbocycles. The molecule has 0 spiro atoms. The monoisotopic (exact) mass is 325 g/mol. The van der Waals surface area contributed by atoms with Crippen LogP contribution in [0.4, 0.5) is 0 Å². The van der Waals surface area contributed by atoms with Gasteiger partial charge in [-0.05, 0) is 69.9 Å². The first-order valence-corrected chi connectivity index (χ1v) is 8.41. The van der Waals surface area contributed by atoms with Crippen LogP contribution in [-0.2, 0) is 6.54 Å². The molecular weight excluding hydrogens is 310 g/mol. The van der Waals surface area contributed by atoms with Crippen molar-refractivity contribution in [2.45, 2.75) is 25.4 Å². The van der Waals surface area contributed by atoms with Crippen LogP contribution in [0.25, 0.3) is 5.69 Å². The van der Waals surface area contributed by atoms with Crippen LogP contribution in [0.5, 0.6) is 0 Å². The first-order valence-electron chi connectivity index (χ1n) is 7.47. The fourth-order valence-electron chi connectivity index (χ4n) is 2.53. The predicted octanol–water partition coefficient (Wildman–Crippen LogP) is 2.53. The molecule has 1 saturated carbocycles. The molecule has 3 aromatic rings. The van der Waals surface area contributed by atoms with Gasteiger partial charge in [0.1, 0.15) is 6.33 Å². The standard InChI is InChI=1S/C16H15N5OS/c22-16(20(14-5-6-14)9-12-7-8-23-10-12)13-1-3-15(4-2-13)21-11-17-18-19-21/h1-4,7-8,10-11,14H,5-6,9H2. The van der Waals surface area contributed by atoms with Gasteiger partial charge >= 0.3 is 0 Å². The van der Waals surface area contributed by atoms with E-state index >= 15 is 0 Å². The van der Waals surface area contributed by atoms with Gasteiger partial charge in [-0.25, -0.2) is 4.68 Å². The normalized spacial score (nSPS) is 13.9. The molecule has 0 aliphatic heterocycles. The van der Waals surface area contributed by atoms with Crippen molar-refractivity contribution in [1.82, 2.24) is 25.1 Å². The number of amides is 1. The fraction of sp³-hybridized carbons (Fsp3) is 0.250. The van der Waals surface area contributed by atoms with E-state index in [9.17, 15) is 4.79 Å². The molecule has 0 bridgehead atoms. The number of rotatable bonds is 5. The van der Waals surface area contributed by atoms with Crippen molar-refractivity contribution < 1.29 is 4.79 Å². The average Bonchev–Trinajstić information content (AvgIpc) is 3.06. The number of carbonyl (C=O) groups is 1. The smallest absolute Gasteiger partial charge is 0.254 e. The van der Waals surface area contributed by atoms with Gasteiger partial charge in [0.05, 0.1) is 5.69 Å². The Morgan fingerprint density at radius 1 is 1.26 bits per heavy atom. The first-order chi connectivity index (χ1) is 11.3. The number of carbonyl (C=O) groups excluding carboxylic acids is 1. The molecule has 7 heteroatoms. The van der Waals surface area contributed by atoms with Crippen molar-refractivity contribution in [3.63, 3.8) is 0 Å². The van der Waals surface area contributed by atoms with E-state index in [4.69, 9.17) is 0 Å². The summed E-state index contributed by atoms with van der Waals surface area (Å²) in [6.07, 6.45) is 3.72. The Balaban J connectivity index is 1.54. The maximum atomic E-state index is 12.8. The zero-order chi connectivity index (χ0) is 15.6. The number of aromatic nitrogens is 4. The zero-order valence-corrected chi connectivity index (χ0v) is 13.2. The van der Waals surface area contributed by atoms with Crippen molar-refractivity contribution in [2.24, 2.45) is 0 Å². The van der Waals surface area contributed by atoms with Crippen molar-refractivity contribution in [1.29, 1.82) is 0 Å². The van der Waals surface area contributed by atoms with Gasteiger partial charge in [-0.3, -0.25) is 4.79 Å². The van der Waals surface area contributed by atoms with Gasteiger partial charge < -0.3 is 4.90 Å². The summed E-state index contributed by atoms with van der Waals surface area (Å²) in [5.41, 5.74) is 2.73. The molecule has 0 saturated heterocycles. The third kappa shape index (κ3) is 3.00. The number of nitrogens with zero attached hydrogens (tertiary/aromatic N) is 5. The van der Waals surface area contributed by atoms with Crippen molar-refractivity contribution >= 4 is 17.2 Å². The van der Waals surface area contributed by atoms with Crippen LogP contribution in [-0.4, -0.2) is 37.1 Å². The lowest BCUT2D eigenvalue weighted by molar-refractivity contribution is 0.0730. The topological polar surface area (TPSA) is 63.9 Å². The molecule has 0 radical (unpaired) electrons. The molecule has 1 aliphatic carbocycles. The van der Waals surface area contributed by atoms with E-state index in [0.717, 1.165) is 18.5 Å².